The number of nitrogens with one attached hydrogen (secondary N) is 1. The molecule has 0 aliphatic heterocycles. The van der Waals surface area contributed by atoms with Crippen LogP contribution in [0.1, 0.15) is 49.8 Å². The van der Waals surface area contributed by atoms with Gasteiger partial charge in [0.05, 0.1) is 12.2 Å². The van der Waals surface area contributed by atoms with E-state index in [-0.39, 0.29) is 11.3 Å². The lowest BCUT2D eigenvalue weighted by atomic mass is 9.98. The monoisotopic (exact) mass is 536 g/mol. The first-order valence-corrected chi connectivity index (χ1v) is 13.6. The average molecular weight is 537 g/mol. The molecule has 0 unspecified atom stereocenters. The third-order valence-corrected chi connectivity index (χ3v) is 6.84. The fourth-order valence-electron chi connectivity index (χ4n) is 4.76. The fourth-order valence-corrected chi connectivity index (χ4v) is 4.76. The van der Waals surface area contributed by atoms with Crippen LogP contribution in [0.3, 0.4) is 0 Å². The van der Waals surface area contributed by atoms with Crippen molar-refractivity contribution in [3.63, 3.8) is 0 Å². The zero-order valence-electron chi connectivity index (χ0n) is 22.9. The lowest BCUT2D eigenvalue weighted by molar-refractivity contribution is 0.388. The van der Waals surface area contributed by atoms with Gasteiger partial charge in [0.15, 0.2) is 5.82 Å². The van der Waals surface area contributed by atoms with Crippen LogP contribution < -0.4 is 16.1 Å². The van der Waals surface area contributed by atoms with E-state index in [0.717, 1.165) is 46.5 Å². The molecule has 0 saturated heterocycles. The zero-order valence-corrected chi connectivity index (χ0v) is 22.9. The van der Waals surface area contributed by atoms with E-state index < -0.39 is 5.76 Å². The molecule has 0 fully saturated rings. The topological polar surface area (TPSA) is 103 Å². The van der Waals surface area contributed by atoms with E-state index in [1.165, 1.54) is 0 Å². The van der Waals surface area contributed by atoms with Gasteiger partial charge in [-0.05, 0) is 53.6 Å². The van der Waals surface area contributed by atoms with Crippen molar-refractivity contribution in [2.24, 2.45) is 0 Å². The third-order valence-electron chi connectivity index (χ3n) is 6.84. The number of H-pyrrole nitrogens is 1. The van der Waals surface area contributed by atoms with Gasteiger partial charge in [-0.1, -0.05) is 86.6 Å². The highest BCUT2D eigenvalue weighted by Gasteiger charge is 2.18. The molecule has 40 heavy (non-hydrogen) atoms. The van der Waals surface area contributed by atoms with Crippen LogP contribution in [-0.4, -0.2) is 19.7 Å². The van der Waals surface area contributed by atoms with Gasteiger partial charge in [-0.25, -0.2) is 9.78 Å². The molecule has 5 aromatic rings. The lowest BCUT2D eigenvalue weighted by Gasteiger charge is -2.17. The maximum absolute atomic E-state index is 13.9. The van der Waals surface area contributed by atoms with Gasteiger partial charge in [-0.2, -0.15) is 0 Å². The molecule has 0 aliphatic rings. The Bertz CT molecular complexity index is 1730. The van der Waals surface area contributed by atoms with Crippen molar-refractivity contribution in [2.75, 3.05) is 0 Å². The third kappa shape index (κ3) is 5.66. The maximum Gasteiger partial charge on any atom is 0.439 e. The van der Waals surface area contributed by atoms with E-state index in [0.29, 0.717) is 36.7 Å². The Kier molecular flexibility index (Phi) is 8.05. The van der Waals surface area contributed by atoms with Gasteiger partial charge in [0.25, 0.3) is 5.56 Å². The molecule has 0 atom stereocenters. The first kappa shape index (κ1) is 26.9. The lowest BCUT2D eigenvalue weighted by Crippen LogP contribution is -2.28. The number of hydrogen-bond donors (Lipinski definition) is 1. The van der Waals surface area contributed by atoms with Crippen LogP contribution in [0.15, 0.2) is 86.9 Å². The summed E-state index contributed by atoms with van der Waals surface area (Å²) in [6.45, 7) is 6.53. The predicted molar refractivity (Wildman–Crippen MR) is 155 cm³/mol. The minimum absolute atomic E-state index is 0.179. The summed E-state index contributed by atoms with van der Waals surface area (Å²) in [7, 11) is 0. The molecule has 0 bridgehead atoms. The summed E-state index contributed by atoms with van der Waals surface area (Å²) in [5.41, 5.74) is 5.20. The maximum atomic E-state index is 13.9. The van der Waals surface area contributed by atoms with Crippen molar-refractivity contribution < 1.29 is 9.26 Å². The van der Waals surface area contributed by atoms with Gasteiger partial charge >= 0.3 is 5.76 Å². The fraction of sp³-hybridized carbons (Fsp3) is 0.250. The van der Waals surface area contributed by atoms with Crippen molar-refractivity contribution in [3.05, 3.63) is 116 Å². The second kappa shape index (κ2) is 12.0. The standard InChI is InChI=1S/C32H32N4O4/c1-4-10-28-33-27(6-3)29(39-24-12-9-11-21(5-2)19-24)31(37)36(28)20-22-15-17-23(18-16-22)25-13-7-8-14-26(25)30-34-32(38)40-35-30/h7-9,11-19H,4-6,10,20H2,1-3H3,(H,34,35,38). The zero-order chi connectivity index (χ0) is 28.1. The molecule has 2 aromatic heterocycles. The van der Waals surface area contributed by atoms with Crippen molar-refractivity contribution in [2.45, 2.75) is 53.0 Å². The largest absolute Gasteiger partial charge is 0.450 e. The van der Waals surface area contributed by atoms with E-state index in [2.05, 4.69) is 24.0 Å². The van der Waals surface area contributed by atoms with Crippen LogP contribution in [0, 0.1) is 0 Å². The normalized spacial score (nSPS) is 11.1. The Labute approximate surface area is 232 Å². The summed E-state index contributed by atoms with van der Waals surface area (Å²) in [6, 6.07) is 23.5. The van der Waals surface area contributed by atoms with E-state index in [4.69, 9.17) is 14.2 Å². The van der Waals surface area contributed by atoms with Crippen molar-refractivity contribution in [3.8, 4) is 34.0 Å². The van der Waals surface area contributed by atoms with E-state index in [1.807, 2.05) is 79.7 Å². The number of benzene rings is 3. The molecule has 0 spiro atoms. The SMILES string of the molecule is CCCc1nc(CC)c(Oc2cccc(CC)c2)c(=O)n1Cc1ccc(-c2ccccc2-c2noc(=O)[nH]2)cc1. The number of nitrogens with zero attached hydrogens (tertiary/aromatic N) is 3. The summed E-state index contributed by atoms with van der Waals surface area (Å²) < 4.78 is 12.6. The molecular weight excluding hydrogens is 504 g/mol. The summed E-state index contributed by atoms with van der Waals surface area (Å²) in [5, 5.41) is 3.84. The summed E-state index contributed by atoms with van der Waals surface area (Å²) in [4.78, 5) is 32.9. The van der Waals surface area contributed by atoms with Gasteiger partial charge in [0, 0.05) is 12.0 Å². The highest BCUT2D eigenvalue weighted by atomic mass is 16.5. The molecule has 5 rings (SSSR count). The minimum Gasteiger partial charge on any atom is -0.450 e. The van der Waals surface area contributed by atoms with Crippen LogP contribution in [0.2, 0.25) is 0 Å². The number of aromatic amines is 1. The molecule has 0 aliphatic carbocycles. The molecule has 8 nitrogen and oxygen atoms in total. The molecule has 1 N–H and O–H groups in total. The van der Waals surface area contributed by atoms with Crippen molar-refractivity contribution >= 4 is 0 Å². The number of hydrogen-bond acceptors (Lipinski definition) is 6. The molecule has 2 heterocycles. The number of aromatic nitrogens is 4. The Hall–Kier alpha value is -4.72. The Morgan fingerprint density at radius 2 is 1.65 bits per heavy atom. The summed E-state index contributed by atoms with van der Waals surface area (Å²) in [5.74, 6) is 1.45. The van der Waals surface area contributed by atoms with Gasteiger partial charge < -0.3 is 4.74 Å². The first-order chi connectivity index (χ1) is 19.5. The molecule has 204 valence electrons. The van der Waals surface area contributed by atoms with Crippen LogP contribution in [0.25, 0.3) is 22.5 Å². The first-order valence-electron chi connectivity index (χ1n) is 13.6. The van der Waals surface area contributed by atoms with Crippen LogP contribution in [0.5, 0.6) is 11.5 Å². The van der Waals surface area contributed by atoms with Crippen LogP contribution in [0.4, 0.5) is 0 Å². The number of aryl methyl sites for hydroxylation is 3. The highest BCUT2D eigenvalue weighted by Crippen LogP contribution is 2.30. The molecule has 0 amide bonds. The van der Waals surface area contributed by atoms with Crippen molar-refractivity contribution in [1.29, 1.82) is 0 Å². The van der Waals surface area contributed by atoms with E-state index in [1.54, 1.807) is 4.57 Å². The average Bonchev–Trinajstić information content (AvgIpc) is 3.43. The van der Waals surface area contributed by atoms with Gasteiger partial charge in [0.2, 0.25) is 5.75 Å². The molecule has 0 saturated carbocycles. The number of rotatable bonds is 10. The summed E-state index contributed by atoms with van der Waals surface area (Å²) >= 11 is 0. The molecule has 3 aromatic carbocycles. The van der Waals surface area contributed by atoms with Crippen molar-refractivity contribution in [1.82, 2.24) is 19.7 Å². The molecule has 8 heteroatoms. The van der Waals surface area contributed by atoms with Gasteiger partial charge in [-0.3, -0.25) is 18.9 Å². The predicted octanol–water partition coefficient (Wildman–Crippen LogP) is 6.17. The second-order valence-electron chi connectivity index (χ2n) is 9.59. The van der Waals surface area contributed by atoms with E-state index in [9.17, 15) is 9.59 Å². The van der Waals surface area contributed by atoms with E-state index >= 15 is 0 Å². The van der Waals surface area contributed by atoms with Crippen LogP contribution in [-0.2, 0) is 25.8 Å². The minimum atomic E-state index is -0.599. The molecular formula is C32H32N4O4. The Balaban J connectivity index is 1.49. The Morgan fingerprint density at radius 3 is 2.33 bits per heavy atom. The quantitative estimate of drug-likeness (QED) is 0.229. The van der Waals surface area contributed by atoms with Gasteiger partial charge in [0.1, 0.15) is 11.6 Å². The Morgan fingerprint density at radius 1 is 0.875 bits per heavy atom. The smallest absolute Gasteiger partial charge is 0.439 e. The summed E-state index contributed by atoms with van der Waals surface area (Å²) in [6.07, 6.45) is 3.04. The molecule has 0 radical (unpaired) electrons. The highest BCUT2D eigenvalue weighted by molar-refractivity contribution is 5.80. The van der Waals surface area contributed by atoms with Gasteiger partial charge in [-0.15, -0.1) is 0 Å². The number of ether oxygens (including phenoxy) is 1. The van der Waals surface area contributed by atoms with Crippen LogP contribution >= 0.6 is 0 Å². The second-order valence-corrected chi connectivity index (χ2v) is 9.59.